The number of nitrogens with one attached hydrogen (secondary N) is 2. The molecule has 3 atom stereocenters. The van der Waals surface area contributed by atoms with Gasteiger partial charge < -0.3 is 15.4 Å². The molecule has 1 saturated heterocycles. The third-order valence-electron chi connectivity index (χ3n) is 3.88. The van der Waals surface area contributed by atoms with Crippen LogP contribution < -0.4 is 15.4 Å². The van der Waals surface area contributed by atoms with Gasteiger partial charge in [-0.2, -0.15) is 0 Å². The van der Waals surface area contributed by atoms with Crippen LogP contribution in [0.25, 0.3) is 0 Å². The lowest BCUT2D eigenvalue weighted by Crippen LogP contribution is -2.48. The fourth-order valence-electron chi connectivity index (χ4n) is 2.99. The van der Waals surface area contributed by atoms with E-state index in [1.54, 1.807) is 7.11 Å². The molecule has 3 rings (SSSR count). The number of benzene rings is 1. The molecule has 3 nitrogen and oxygen atoms in total. The molecule has 2 aliphatic rings. The highest BCUT2D eigenvalue weighted by molar-refractivity contribution is 5.62. The van der Waals surface area contributed by atoms with E-state index >= 15 is 0 Å². The number of piperidine rings is 1. The third-order valence-corrected chi connectivity index (χ3v) is 3.88. The Hall–Kier alpha value is -1.22. The summed E-state index contributed by atoms with van der Waals surface area (Å²) in [5, 5.41) is 7.14. The average molecular weight is 218 g/mol. The largest absolute Gasteiger partial charge is 0.497 e. The van der Waals surface area contributed by atoms with Crippen LogP contribution in [0.3, 0.4) is 0 Å². The van der Waals surface area contributed by atoms with Crippen molar-refractivity contribution in [3.63, 3.8) is 0 Å². The van der Waals surface area contributed by atoms with E-state index in [0.29, 0.717) is 18.0 Å². The number of fused-ring (bicyclic) bond motifs is 3. The van der Waals surface area contributed by atoms with Crippen LogP contribution in [-0.4, -0.2) is 25.7 Å². The molecule has 3 unspecified atom stereocenters. The minimum absolute atomic E-state index is 0.538. The summed E-state index contributed by atoms with van der Waals surface area (Å²) in [6.45, 7) is 3.38. The van der Waals surface area contributed by atoms with E-state index < -0.39 is 0 Å². The summed E-state index contributed by atoms with van der Waals surface area (Å²) in [7, 11) is 1.72. The molecule has 0 aliphatic carbocycles. The van der Waals surface area contributed by atoms with Gasteiger partial charge in [0, 0.05) is 29.8 Å². The second-order valence-electron chi connectivity index (χ2n) is 4.76. The van der Waals surface area contributed by atoms with Crippen LogP contribution in [0, 0.1) is 0 Å². The highest BCUT2D eigenvalue weighted by Crippen LogP contribution is 2.42. The molecular weight excluding hydrogens is 200 g/mol. The van der Waals surface area contributed by atoms with E-state index in [1.807, 2.05) is 0 Å². The fourth-order valence-corrected chi connectivity index (χ4v) is 2.99. The Morgan fingerprint density at radius 3 is 3.06 bits per heavy atom. The van der Waals surface area contributed by atoms with Gasteiger partial charge in [-0.1, -0.05) is 6.07 Å². The Balaban J connectivity index is 1.96. The molecule has 0 bridgehead atoms. The lowest BCUT2D eigenvalue weighted by Gasteiger charge is -2.32. The van der Waals surface area contributed by atoms with Gasteiger partial charge in [0.05, 0.1) is 7.11 Å². The van der Waals surface area contributed by atoms with Crippen molar-refractivity contribution < 1.29 is 4.74 Å². The first kappa shape index (κ1) is 9.97. The Bertz CT molecular complexity index is 405. The van der Waals surface area contributed by atoms with Crippen molar-refractivity contribution >= 4 is 5.69 Å². The number of methoxy groups -OCH3 is 1. The van der Waals surface area contributed by atoms with Crippen molar-refractivity contribution in [1.29, 1.82) is 0 Å². The number of hydrogen-bond acceptors (Lipinski definition) is 3. The van der Waals surface area contributed by atoms with E-state index in [4.69, 9.17) is 4.74 Å². The normalized spacial score (nSPS) is 31.5. The van der Waals surface area contributed by atoms with Crippen LogP contribution in [0.5, 0.6) is 5.75 Å². The Morgan fingerprint density at radius 1 is 1.38 bits per heavy atom. The van der Waals surface area contributed by atoms with Crippen molar-refractivity contribution in [1.82, 2.24) is 5.32 Å². The molecule has 86 valence electrons. The average Bonchev–Trinajstić information content (AvgIpc) is 2.68. The van der Waals surface area contributed by atoms with Gasteiger partial charge in [0.2, 0.25) is 0 Å². The van der Waals surface area contributed by atoms with Crippen molar-refractivity contribution in [2.75, 3.05) is 19.0 Å². The van der Waals surface area contributed by atoms with Gasteiger partial charge in [0.25, 0.3) is 0 Å². The Kier molecular flexibility index (Phi) is 2.28. The molecule has 2 aliphatic heterocycles. The molecule has 0 spiro atoms. The number of hydrogen-bond donors (Lipinski definition) is 2. The number of rotatable bonds is 1. The molecule has 0 saturated carbocycles. The SMILES string of the molecule is COc1ccc2c(c1)NC1C(C)NCCC21. The first-order valence-electron chi connectivity index (χ1n) is 5.97. The van der Waals surface area contributed by atoms with Gasteiger partial charge in [-0.25, -0.2) is 0 Å². The molecule has 0 radical (unpaired) electrons. The maximum atomic E-state index is 5.26. The van der Waals surface area contributed by atoms with Crippen LogP contribution in [-0.2, 0) is 0 Å². The zero-order valence-electron chi connectivity index (χ0n) is 9.79. The second-order valence-corrected chi connectivity index (χ2v) is 4.76. The quantitative estimate of drug-likeness (QED) is 0.756. The van der Waals surface area contributed by atoms with Gasteiger partial charge >= 0.3 is 0 Å². The van der Waals surface area contributed by atoms with Crippen molar-refractivity contribution in [2.24, 2.45) is 0 Å². The van der Waals surface area contributed by atoms with Gasteiger partial charge in [-0.05, 0) is 31.5 Å². The molecule has 1 fully saturated rings. The minimum Gasteiger partial charge on any atom is -0.497 e. The van der Waals surface area contributed by atoms with Crippen LogP contribution in [0.2, 0.25) is 0 Å². The van der Waals surface area contributed by atoms with Crippen molar-refractivity contribution in [3.8, 4) is 5.75 Å². The predicted octanol–water partition coefficient (Wildman–Crippen LogP) is 1.95. The molecule has 3 heteroatoms. The van der Waals surface area contributed by atoms with Crippen molar-refractivity contribution in [2.45, 2.75) is 31.3 Å². The Labute approximate surface area is 96.2 Å². The van der Waals surface area contributed by atoms with Crippen LogP contribution in [0.4, 0.5) is 5.69 Å². The highest BCUT2D eigenvalue weighted by atomic mass is 16.5. The minimum atomic E-state index is 0.538. The molecule has 16 heavy (non-hydrogen) atoms. The molecule has 1 aromatic rings. The maximum absolute atomic E-state index is 5.26. The van der Waals surface area contributed by atoms with Gasteiger partial charge in [-0.15, -0.1) is 0 Å². The van der Waals surface area contributed by atoms with Crippen LogP contribution >= 0.6 is 0 Å². The summed E-state index contributed by atoms with van der Waals surface area (Å²) in [6, 6.07) is 7.47. The summed E-state index contributed by atoms with van der Waals surface area (Å²) in [4.78, 5) is 0. The topological polar surface area (TPSA) is 33.3 Å². The van der Waals surface area contributed by atoms with Gasteiger partial charge in [0.15, 0.2) is 0 Å². The molecule has 0 amide bonds. The van der Waals surface area contributed by atoms with Crippen LogP contribution in [0.15, 0.2) is 18.2 Å². The van der Waals surface area contributed by atoms with E-state index in [2.05, 4.69) is 35.8 Å². The molecule has 0 aromatic heterocycles. The lowest BCUT2D eigenvalue weighted by molar-refractivity contribution is 0.360. The van der Waals surface area contributed by atoms with E-state index in [9.17, 15) is 0 Å². The number of ether oxygens (including phenoxy) is 1. The monoisotopic (exact) mass is 218 g/mol. The summed E-state index contributed by atoms with van der Waals surface area (Å²) in [6.07, 6.45) is 1.22. The fraction of sp³-hybridized carbons (Fsp3) is 0.538. The molecule has 2 heterocycles. The van der Waals surface area contributed by atoms with Crippen molar-refractivity contribution in [3.05, 3.63) is 23.8 Å². The summed E-state index contributed by atoms with van der Waals surface area (Å²) in [5.41, 5.74) is 2.71. The van der Waals surface area contributed by atoms with E-state index in [0.717, 1.165) is 12.3 Å². The first-order chi connectivity index (χ1) is 7.79. The lowest BCUT2D eigenvalue weighted by atomic mass is 9.85. The summed E-state index contributed by atoms with van der Waals surface area (Å²) >= 11 is 0. The predicted molar refractivity (Wildman–Crippen MR) is 65.2 cm³/mol. The zero-order chi connectivity index (χ0) is 11.1. The smallest absolute Gasteiger partial charge is 0.120 e. The van der Waals surface area contributed by atoms with Gasteiger partial charge in [0.1, 0.15) is 5.75 Å². The standard InChI is InChI=1S/C13H18N2O/c1-8-13-11(5-6-14-8)10-4-3-9(16-2)7-12(10)15-13/h3-4,7-8,11,13-15H,5-6H2,1-2H3. The second kappa shape index (κ2) is 3.67. The van der Waals surface area contributed by atoms with Crippen LogP contribution in [0.1, 0.15) is 24.8 Å². The number of anilines is 1. The Morgan fingerprint density at radius 2 is 2.25 bits per heavy atom. The summed E-state index contributed by atoms with van der Waals surface area (Å²) in [5.74, 6) is 1.60. The molecule has 2 N–H and O–H groups in total. The third kappa shape index (κ3) is 1.39. The first-order valence-corrected chi connectivity index (χ1v) is 5.97. The molecule has 1 aromatic carbocycles. The zero-order valence-corrected chi connectivity index (χ0v) is 9.79. The highest BCUT2D eigenvalue weighted by Gasteiger charge is 2.37. The maximum Gasteiger partial charge on any atom is 0.120 e. The molecular formula is C13H18N2O. The summed E-state index contributed by atoms with van der Waals surface area (Å²) < 4.78 is 5.26. The van der Waals surface area contributed by atoms with Gasteiger partial charge in [-0.3, -0.25) is 0 Å². The van der Waals surface area contributed by atoms with E-state index in [1.165, 1.54) is 17.7 Å². The van der Waals surface area contributed by atoms with E-state index in [-0.39, 0.29) is 0 Å².